The van der Waals surface area contributed by atoms with Gasteiger partial charge in [-0.2, -0.15) is 0 Å². The second-order valence-electron chi connectivity index (χ2n) is 17.2. The molecule has 0 aliphatic heterocycles. The Morgan fingerprint density at radius 3 is 1.26 bits per heavy atom. The van der Waals surface area contributed by atoms with E-state index in [1.165, 1.54) is 22.3 Å². The quantitative estimate of drug-likeness (QED) is 0.0847. The van der Waals surface area contributed by atoms with Gasteiger partial charge in [-0.05, 0) is 114 Å². The number of aliphatic hydroxyl groups excluding tert-OH is 2. The summed E-state index contributed by atoms with van der Waals surface area (Å²) in [5.41, 5.74) is 20.7. The first-order valence-electron chi connectivity index (χ1n) is 19.5. The van der Waals surface area contributed by atoms with E-state index in [1.807, 2.05) is 60.7 Å². The Morgan fingerprint density at radius 1 is 0.519 bits per heavy atom. The molecular weight excluding hydrogens is 693 g/mol. The number of aliphatic hydroxyl groups is 2. The molecule has 0 fully saturated rings. The molecule has 3 atom stereocenters. The highest BCUT2D eigenvalue weighted by Gasteiger charge is 2.41. The van der Waals surface area contributed by atoms with Gasteiger partial charge in [0.05, 0.1) is 5.92 Å². The van der Waals surface area contributed by atoms with Crippen LogP contribution in [0.5, 0.6) is 0 Å². The van der Waals surface area contributed by atoms with Crippen molar-refractivity contribution in [3.8, 4) is 22.9 Å². The molecule has 0 saturated heterocycles. The van der Waals surface area contributed by atoms with Crippen LogP contribution < -0.4 is 0 Å². The second-order valence-corrected chi connectivity index (χ2v) is 27.5. The van der Waals surface area contributed by atoms with Gasteiger partial charge < -0.3 is 20.2 Å². The summed E-state index contributed by atoms with van der Waals surface area (Å²) in [6, 6.07) is 28.5. The molecule has 4 N–H and O–H groups in total. The average molecular weight is 753 g/mol. The van der Waals surface area contributed by atoms with Crippen molar-refractivity contribution in [1.29, 1.82) is 0 Å². The molecule has 0 amide bonds. The zero-order valence-electron chi connectivity index (χ0n) is 34.4. The average Bonchev–Trinajstić information content (AvgIpc) is 3.79. The van der Waals surface area contributed by atoms with Gasteiger partial charge in [0.15, 0.2) is 0 Å². The van der Waals surface area contributed by atoms with Gasteiger partial charge in [-0.1, -0.05) is 115 Å². The van der Waals surface area contributed by atoms with Gasteiger partial charge in [0.2, 0.25) is 0 Å². The zero-order chi connectivity index (χ0) is 39.5. The molecule has 0 bridgehead atoms. The van der Waals surface area contributed by atoms with Crippen molar-refractivity contribution in [2.45, 2.75) is 117 Å². The fraction of sp³-hybridized carbons (Fsp3) is 0.375. The minimum absolute atomic E-state index is 0.170. The lowest BCUT2D eigenvalue weighted by Gasteiger charge is -2.38. The molecule has 5 aromatic rings. The Bertz CT molecular complexity index is 2130. The SMILES string of the molecule is Cc1cc(C)c(C(c2ccc(C(O)c3ccc(C#C[Si](C)(C)C)cc3)[nH]2)c2ccc(C(O)c3ccc(C#C[Si](C(C)C)(C(C)C)C(C)C)cc3)[nH]2)c(C)c1. The van der Waals surface area contributed by atoms with Crippen LogP contribution in [-0.2, 0) is 0 Å². The third-order valence-electron chi connectivity index (χ3n) is 11.0. The molecule has 0 radical (unpaired) electrons. The molecule has 54 heavy (non-hydrogen) atoms. The van der Waals surface area contributed by atoms with Crippen LogP contribution >= 0.6 is 0 Å². The summed E-state index contributed by atoms with van der Waals surface area (Å²) >= 11 is 0. The van der Waals surface area contributed by atoms with Gasteiger partial charge >= 0.3 is 0 Å². The van der Waals surface area contributed by atoms with Crippen LogP contribution in [0.1, 0.15) is 127 Å². The van der Waals surface area contributed by atoms with E-state index in [1.54, 1.807) is 0 Å². The molecule has 2 aromatic heterocycles. The zero-order valence-corrected chi connectivity index (χ0v) is 36.4. The third kappa shape index (κ3) is 8.97. The first-order valence-corrected chi connectivity index (χ1v) is 25.2. The van der Waals surface area contributed by atoms with Crippen LogP contribution in [0.4, 0.5) is 0 Å². The van der Waals surface area contributed by atoms with Crippen LogP contribution in [-0.4, -0.2) is 36.3 Å². The molecule has 0 saturated carbocycles. The first-order chi connectivity index (χ1) is 25.4. The Balaban J connectivity index is 1.45. The Kier molecular flexibility index (Phi) is 12.6. The highest BCUT2D eigenvalue weighted by molar-refractivity contribution is 6.90. The number of aryl methyl sites for hydroxylation is 3. The summed E-state index contributed by atoms with van der Waals surface area (Å²) < 4.78 is 0. The monoisotopic (exact) mass is 752 g/mol. The van der Waals surface area contributed by atoms with Crippen molar-refractivity contribution in [3.05, 3.63) is 152 Å². The van der Waals surface area contributed by atoms with Crippen molar-refractivity contribution in [2.24, 2.45) is 0 Å². The summed E-state index contributed by atoms with van der Waals surface area (Å²) in [6.07, 6.45) is -1.64. The lowest BCUT2D eigenvalue weighted by atomic mass is 9.85. The number of hydrogen-bond acceptors (Lipinski definition) is 2. The molecule has 0 aliphatic carbocycles. The van der Waals surface area contributed by atoms with E-state index in [0.29, 0.717) is 16.6 Å². The van der Waals surface area contributed by atoms with E-state index in [0.717, 1.165) is 45.0 Å². The van der Waals surface area contributed by atoms with E-state index in [2.05, 4.69) is 139 Å². The van der Waals surface area contributed by atoms with Crippen molar-refractivity contribution >= 4 is 16.1 Å². The minimum atomic E-state index is -1.84. The topological polar surface area (TPSA) is 72.0 Å². The molecule has 0 aliphatic rings. The van der Waals surface area contributed by atoms with Gasteiger partial charge in [0.25, 0.3) is 0 Å². The number of nitrogens with one attached hydrogen (secondary N) is 2. The lowest BCUT2D eigenvalue weighted by Crippen LogP contribution is -2.43. The third-order valence-corrected chi connectivity index (χ3v) is 18.2. The van der Waals surface area contributed by atoms with Gasteiger partial charge in [-0.15, -0.1) is 11.1 Å². The maximum absolute atomic E-state index is 11.6. The maximum atomic E-state index is 11.6. The van der Waals surface area contributed by atoms with Crippen molar-refractivity contribution < 1.29 is 10.2 Å². The van der Waals surface area contributed by atoms with Gasteiger partial charge in [-0.3, -0.25) is 0 Å². The standard InChI is InChI=1S/C48H60N2O2Si2/c1-31(2)54(32(3)4,33(5)6)28-26-38-15-19-40(20-16-38)48(52)44-24-22-42(50-44)46(45-35(8)29-34(7)30-36(45)9)41-21-23-43(49-41)47(51)39-17-13-37(14-18-39)25-27-53(10,11)12/h13-24,29-33,46-52H,1-12H3. The number of aromatic amines is 2. The van der Waals surface area contributed by atoms with E-state index in [9.17, 15) is 10.2 Å². The summed E-state index contributed by atoms with van der Waals surface area (Å²) in [5.74, 6) is 6.66. The predicted molar refractivity (Wildman–Crippen MR) is 232 cm³/mol. The number of rotatable bonds is 10. The normalized spacial score (nSPS) is 13.7. The molecule has 2 heterocycles. The largest absolute Gasteiger partial charge is 0.382 e. The lowest BCUT2D eigenvalue weighted by molar-refractivity contribution is 0.216. The van der Waals surface area contributed by atoms with Crippen LogP contribution in [0.15, 0.2) is 84.9 Å². The fourth-order valence-electron chi connectivity index (χ4n) is 8.37. The predicted octanol–water partition coefficient (Wildman–Crippen LogP) is 11.4. The molecular formula is C48H60N2O2Si2. The van der Waals surface area contributed by atoms with Crippen molar-refractivity contribution in [2.75, 3.05) is 0 Å². The molecule has 282 valence electrons. The van der Waals surface area contributed by atoms with E-state index in [-0.39, 0.29) is 5.92 Å². The Morgan fingerprint density at radius 2 is 0.889 bits per heavy atom. The van der Waals surface area contributed by atoms with Gasteiger partial charge in [-0.25, -0.2) is 0 Å². The minimum Gasteiger partial charge on any atom is -0.382 e. The molecule has 3 unspecified atom stereocenters. The maximum Gasteiger partial charge on any atom is 0.146 e. The summed E-state index contributed by atoms with van der Waals surface area (Å²) in [7, 11) is -3.32. The number of benzene rings is 3. The molecule has 4 nitrogen and oxygen atoms in total. The van der Waals surface area contributed by atoms with Crippen LogP contribution in [0.2, 0.25) is 36.3 Å². The highest BCUT2D eigenvalue weighted by atomic mass is 28.3. The molecule has 3 aromatic carbocycles. The smallest absolute Gasteiger partial charge is 0.146 e. The summed E-state index contributed by atoms with van der Waals surface area (Å²) in [4.78, 5) is 7.20. The second kappa shape index (κ2) is 16.6. The summed E-state index contributed by atoms with van der Waals surface area (Å²) in [5, 5.41) is 23.1. The molecule has 6 heteroatoms. The van der Waals surface area contributed by atoms with Crippen molar-refractivity contribution in [3.63, 3.8) is 0 Å². The van der Waals surface area contributed by atoms with Gasteiger partial charge in [0, 0.05) is 33.9 Å². The number of H-pyrrole nitrogens is 2. The Hall–Kier alpha value is -4.31. The van der Waals surface area contributed by atoms with Gasteiger partial charge in [0.1, 0.15) is 28.4 Å². The number of aromatic nitrogens is 2. The van der Waals surface area contributed by atoms with Crippen molar-refractivity contribution in [1.82, 2.24) is 9.97 Å². The highest BCUT2D eigenvalue weighted by Crippen LogP contribution is 2.41. The van der Waals surface area contributed by atoms with E-state index >= 15 is 0 Å². The molecule has 0 spiro atoms. The summed E-state index contributed by atoms with van der Waals surface area (Å²) in [6.45, 7) is 27.2. The first kappa shape index (κ1) is 40.9. The molecule has 5 rings (SSSR count). The van der Waals surface area contributed by atoms with E-state index in [4.69, 9.17) is 0 Å². The van der Waals surface area contributed by atoms with E-state index < -0.39 is 28.4 Å². The van der Waals surface area contributed by atoms with Crippen LogP contribution in [0, 0.1) is 43.7 Å². The number of hydrogen-bond donors (Lipinski definition) is 4. The van der Waals surface area contributed by atoms with Crippen LogP contribution in [0.25, 0.3) is 0 Å². The Labute approximate surface area is 326 Å². The van der Waals surface area contributed by atoms with Crippen LogP contribution in [0.3, 0.4) is 0 Å². The fourth-order valence-corrected chi connectivity index (χ4v) is 14.1.